The number of rotatable bonds is 1. The van der Waals surface area contributed by atoms with Gasteiger partial charge in [-0.1, -0.05) is 0 Å². The van der Waals surface area contributed by atoms with E-state index in [1.165, 1.54) is 6.07 Å². The number of nitrogen functional groups attached to an aromatic ring is 1. The van der Waals surface area contributed by atoms with Crippen molar-refractivity contribution in [3.63, 3.8) is 0 Å². The van der Waals surface area contributed by atoms with Gasteiger partial charge in [0.2, 0.25) is 0 Å². The molecule has 2 heterocycles. The number of anilines is 1. The lowest BCUT2D eigenvalue weighted by Crippen LogP contribution is -2.14. The van der Waals surface area contributed by atoms with Gasteiger partial charge in [0.25, 0.3) is 0 Å². The zero-order valence-electron chi connectivity index (χ0n) is 8.73. The summed E-state index contributed by atoms with van der Waals surface area (Å²) < 4.78 is 38.6. The maximum atomic E-state index is 12.7. The Kier molecular flexibility index (Phi) is 2.49. The summed E-state index contributed by atoms with van der Waals surface area (Å²) in [5.41, 5.74) is 4.88. The largest absolute Gasteiger partial charge is 0.433 e. The molecule has 90 valence electrons. The highest BCUT2D eigenvalue weighted by Gasteiger charge is 2.36. The molecule has 0 aliphatic heterocycles. The topological polar surface area (TPSA) is 69.6 Å². The van der Waals surface area contributed by atoms with E-state index in [-0.39, 0.29) is 11.6 Å². The zero-order chi connectivity index (χ0) is 12.6. The first kappa shape index (κ1) is 11.4. The number of hydrogen-bond acceptors (Lipinski definition) is 4. The van der Waals surface area contributed by atoms with Crippen molar-refractivity contribution in [1.29, 1.82) is 0 Å². The van der Waals surface area contributed by atoms with Crippen LogP contribution < -0.4 is 5.73 Å². The quantitative estimate of drug-likeness (QED) is 0.825. The molecule has 0 aromatic carbocycles. The predicted molar refractivity (Wildman–Crippen MR) is 53.3 cm³/mol. The molecule has 17 heavy (non-hydrogen) atoms. The summed E-state index contributed by atoms with van der Waals surface area (Å²) in [6, 6.07) is 3.69. The predicted octanol–water partition coefficient (Wildman–Crippen LogP) is 1.57. The molecule has 0 fully saturated rings. The lowest BCUT2D eigenvalue weighted by molar-refractivity contribution is -0.142. The Morgan fingerprint density at radius 1 is 1.24 bits per heavy atom. The summed E-state index contributed by atoms with van der Waals surface area (Å²) in [5, 5.41) is 10.8. The van der Waals surface area contributed by atoms with Gasteiger partial charge >= 0.3 is 6.18 Å². The van der Waals surface area contributed by atoms with Crippen LogP contribution in [-0.4, -0.2) is 20.0 Å². The number of aromatic nitrogens is 4. The Balaban J connectivity index is 2.55. The van der Waals surface area contributed by atoms with Gasteiger partial charge in [-0.25, -0.2) is 4.68 Å². The molecule has 2 N–H and O–H groups in total. The smallest absolute Gasteiger partial charge is 0.382 e. The molecule has 5 nitrogen and oxygen atoms in total. The number of halogens is 3. The summed E-state index contributed by atoms with van der Waals surface area (Å²) in [7, 11) is 0. The van der Waals surface area contributed by atoms with Crippen LogP contribution in [0.2, 0.25) is 0 Å². The SMILES string of the molecule is Cc1ccc(-n2nc(N)cc2C(F)(F)F)nn1. The molecule has 0 unspecified atom stereocenters. The minimum absolute atomic E-state index is 0.0281. The standard InChI is InChI=1S/C9H8F3N5/c1-5-2-3-8(15-14-5)17-6(9(10,11)12)4-7(13)16-17/h2-4H,1H3,(H2,13,16). The van der Waals surface area contributed by atoms with Crippen molar-refractivity contribution in [3.05, 3.63) is 29.6 Å². The maximum Gasteiger partial charge on any atom is 0.433 e. The van der Waals surface area contributed by atoms with Gasteiger partial charge < -0.3 is 5.73 Å². The number of hydrogen-bond donors (Lipinski definition) is 1. The van der Waals surface area contributed by atoms with E-state index in [4.69, 9.17) is 5.73 Å². The van der Waals surface area contributed by atoms with Gasteiger partial charge in [-0.2, -0.15) is 18.3 Å². The van der Waals surface area contributed by atoms with Crippen LogP contribution in [0.1, 0.15) is 11.4 Å². The van der Waals surface area contributed by atoms with E-state index in [1.807, 2.05) is 0 Å². The van der Waals surface area contributed by atoms with E-state index in [0.29, 0.717) is 10.4 Å². The van der Waals surface area contributed by atoms with Crippen LogP contribution in [0.4, 0.5) is 19.0 Å². The van der Waals surface area contributed by atoms with Crippen LogP contribution in [0.15, 0.2) is 18.2 Å². The number of alkyl halides is 3. The highest BCUT2D eigenvalue weighted by Crippen LogP contribution is 2.31. The van der Waals surface area contributed by atoms with Gasteiger partial charge in [0.05, 0.1) is 5.69 Å². The van der Waals surface area contributed by atoms with Crippen LogP contribution in [0, 0.1) is 6.92 Å². The molecule has 2 aromatic rings. The molecule has 0 bridgehead atoms. The third kappa shape index (κ3) is 2.19. The normalized spacial score (nSPS) is 11.8. The van der Waals surface area contributed by atoms with Crippen LogP contribution >= 0.6 is 0 Å². The van der Waals surface area contributed by atoms with Gasteiger partial charge in [0, 0.05) is 6.07 Å². The molecule has 0 radical (unpaired) electrons. The second-order valence-corrected chi connectivity index (χ2v) is 3.40. The molecule has 2 aromatic heterocycles. The van der Waals surface area contributed by atoms with Crippen molar-refractivity contribution in [2.24, 2.45) is 0 Å². The highest BCUT2D eigenvalue weighted by atomic mass is 19.4. The van der Waals surface area contributed by atoms with Crippen molar-refractivity contribution >= 4 is 5.82 Å². The fourth-order valence-electron chi connectivity index (χ4n) is 1.28. The molecule has 0 atom stereocenters. The highest BCUT2D eigenvalue weighted by molar-refractivity contribution is 5.36. The van der Waals surface area contributed by atoms with Crippen molar-refractivity contribution in [2.75, 3.05) is 5.73 Å². The third-order valence-corrected chi connectivity index (χ3v) is 2.02. The second kappa shape index (κ2) is 3.72. The molecule has 0 saturated heterocycles. The number of nitrogens with two attached hydrogens (primary N) is 1. The van der Waals surface area contributed by atoms with Crippen LogP contribution in [-0.2, 0) is 6.18 Å². The van der Waals surface area contributed by atoms with Gasteiger partial charge in [0.1, 0.15) is 5.82 Å². The first-order valence-electron chi connectivity index (χ1n) is 4.61. The number of aryl methyl sites for hydroxylation is 1. The summed E-state index contributed by atoms with van der Waals surface area (Å²) in [4.78, 5) is 0. The van der Waals surface area contributed by atoms with Gasteiger partial charge in [-0.15, -0.1) is 10.2 Å². The maximum absolute atomic E-state index is 12.7. The molecule has 2 rings (SSSR count). The molecule has 0 amide bonds. The average Bonchev–Trinajstić information content (AvgIpc) is 2.61. The van der Waals surface area contributed by atoms with E-state index in [1.54, 1.807) is 13.0 Å². The van der Waals surface area contributed by atoms with E-state index in [2.05, 4.69) is 15.3 Å². The fourth-order valence-corrected chi connectivity index (χ4v) is 1.28. The van der Waals surface area contributed by atoms with E-state index >= 15 is 0 Å². The zero-order valence-corrected chi connectivity index (χ0v) is 8.73. The second-order valence-electron chi connectivity index (χ2n) is 3.40. The first-order chi connectivity index (χ1) is 7.88. The Morgan fingerprint density at radius 2 is 1.94 bits per heavy atom. The Bertz CT molecular complexity index is 529. The first-order valence-corrected chi connectivity index (χ1v) is 4.61. The molecular weight excluding hydrogens is 235 g/mol. The lowest BCUT2D eigenvalue weighted by Gasteiger charge is -2.08. The van der Waals surface area contributed by atoms with Gasteiger partial charge in [-0.3, -0.25) is 0 Å². The van der Waals surface area contributed by atoms with Crippen LogP contribution in [0.25, 0.3) is 5.82 Å². The van der Waals surface area contributed by atoms with Crippen LogP contribution in [0.3, 0.4) is 0 Å². The summed E-state index contributed by atoms with van der Waals surface area (Å²) in [6.45, 7) is 1.68. The number of nitrogens with zero attached hydrogens (tertiary/aromatic N) is 4. The average molecular weight is 243 g/mol. The fraction of sp³-hybridized carbons (Fsp3) is 0.222. The molecule has 0 aliphatic carbocycles. The minimum Gasteiger partial charge on any atom is -0.382 e. The van der Waals surface area contributed by atoms with Crippen LogP contribution in [0.5, 0.6) is 0 Å². The molecule has 0 spiro atoms. The monoisotopic (exact) mass is 243 g/mol. The van der Waals surface area contributed by atoms with Crippen molar-refractivity contribution in [2.45, 2.75) is 13.1 Å². The van der Waals surface area contributed by atoms with E-state index < -0.39 is 11.9 Å². The summed E-state index contributed by atoms with van der Waals surface area (Å²) >= 11 is 0. The van der Waals surface area contributed by atoms with E-state index in [0.717, 1.165) is 6.07 Å². The van der Waals surface area contributed by atoms with Crippen molar-refractivity contribution < 1.29 is 13.2 Å². The molecule has 0 aliphatic rings. The summed E-state index contributed by atoms with van der Waals surface area (Å²) in [6.07, 6.45) is -4.54. The van der Waals surface area contributed by atoms with Gasteiger partial charge in [0.15, 0.2) is 11.5 Å². The Morgan fingerprint density at radius 3 is 2.47 bits per heavy atom. The Hall–Kier alpha value is -2.12. The lowest BCUT2D eigenvalue weighted by atomic mass is 10.4. The van der Waals surface area contributed by atoms with Crippen molar-refractivity contribution in [3.8, 4) is 5.82 Å². The van der Waals surface area contributed by atoms with Gasteiger partial charge in [-0.05, 0) is 19.1 Å². The third-order valence-electron chi connectivity index (χ3n) is 2.02. The van der Waals surface area contributed by atoms with E-state index in [9.17, 15) is 13.2 Å². The Labute approximate surface area is 94.1 Å². The van der Waals surface area contributed by atoms with Crippen molar-refractivity contribution in [1.82, 2.24) is 20.0 Å². The molecule has 8 heteroatoms. The molecule has 0 saturated carbocycles. The summed E-state index contributed by atoms with van der Waals surface area (Å²) in [5.74, 6) is -0.251. The minimum atomic E-state index is -4.54. The molecular formula is C9H8F3N5.